The molecule has 0 aliphatic carbocycles. The molecule has 1 N–H and O–H groups in total. The lowest BCUT2D eigenvalue weighted by atomic mass is 10.1. The second kappa shape index (κ2) is 11.0. The molecule has 0 aliphatic rings. The fourth-order valence-electron chi connectivity index (χ4n) is 2.64. The first-order chi connectivity index (χ1) is 13.9. The van der Waals surface area contributed by atoms with E-state index in [2.05, 4.69) is 12.2 Å². The molecule has 6 heteroatoms. The van der Waals surface area contributed by atoms with Gasteiger partial charge in [-0.25, -0.2) is 0 Å². The molecular weight excluding hydrogens is 370 g/mol. The standard InChI is InChI=1S/C23H27NO5/c1-4-17-6-10-19(11-7-17)24-23(27)16(3)29-22(26)15-14-21(25)18-8-12-20(13-9-18)28-5-2/h6-13,16H,4-5,14-15H2,1-3H3,(H,24,27)/t16-/m1/s1. The molecule has 2 aromatic carbocycles. The van der Waals surface area contributed by atoms with Crippen LogP contribution < -0.4 is 10.1 Å². The zero-order valence-electron chi connectivity index (χ0n) is 17.1. The van der Waals surface area contributed by atoms with Crippen LogP contribution in [0.5, 0.6) is 5.75 Å². The van der Waals surface area contributed by atoms with E-state index >= 15 is 0 Å². The molecule has 0 saturated heterocycles. The molecule has 0 bridgehead atoms. The molecule has 2 rings (SSSR count). The fourth-order valence-corrected chi connectivity index (χ4v) is 2.64. The number of Topliss-reactive ketones (excluding diaryl/α,β-unsaturated/α-hetero) is 1. The van der Waals surface area contributed by atoms with E-state index in [-0.39, 0.29) is 18.6 Å². The third-order valence-electron chi connectivity index (χ3n) is 4.35. The summed E-state index contributed by atoms with van der Waals surface area (Å²) >= 11 is 0. The molecule has 0 spiro atoms. The summed E-state index contributed by atoms with van der Waals surface area (Å²) in [5.41, 5.74) is 2.31. The highest BCUT2D eigenvalue weighted by Crippen LogP contribution is 2.15. The van der Waals surface area contributed by atoms with E-state index in [0.29, 0.717) is 23.6 Å². The van der Waals surface area contributed by atoms with Crippen LogP contribution in [-0.2, 0) is 20.7 Å². The summed E-state index contributed by atoms with van der Waals surface area (Å²) in [5.74, 6) is -0.487. The second-order valence-corrected chi connectivity index (χ2v) is 6.55. The van der Waals surface area contributed by atoms with Crippen molar-refractivity contribution >= 4 is 23.3 Å². The van der Waals surface area contributed by atoms with Gasteiger partial charge in [0, 0.05) is 17.7 Å². The fraction of sp³-hybridized carbons (Fsp3) is 0.348. The van der Waals surface area contributed by atoms with Crippen molar-refractivity contribution in [3.05, 3.63) is 59.7 Å². The summed E-state index contributed by atoms with van der Waals surface area (Å²) in [5, 5.41) is 2.71. The van der Waals surface area contributed by atoms with Crippen molar-refractivity contribution in [1.82, 2.24) is 0 Å². The highest BCUT2D eigenvalue weighted by Gasteiger charge is 2.19. The van der Waals surface area contributed by atoms with Gasteiger partial charge in [0.1, 0.15) is 5.75 Å². The van der Waals surface area contributed by atoms with E-state index in [1.165, 1.54) is 12.5 Å². The summed E-state index contributed by atoms with van der Waals surface area (Å²) in [6.45, 7) is 5.99. The highest BCUT2D eigenvalue weighted by molar-refractivity contribution is 5.98. The van der Waals surface area contributed by atoms with Crippen LogP contribution in [0.2, 0.25) is 0 Å². The van der Waals surface area contributed by atoms with Crippen LogP contribution in [0.1, 0.15) is 49.5 Å². The number of carbonyl (C=O) groups excluding carboxylic acids is 3. The van der Waals surface area contributed by atoms with Gasteiger partial charge in [0.25, 0.3) is 5.91 Å². The van der Waals surface area contributed by atoms with Crippen molar-refractivity contribution in [2.45, 2.75) is 46.1 Å². The van der Waals surface area contributed by atoms with Gasteiger partial charge < -0.3 is 14.8 Å². The Labute approximate surface area is 171 Å². The molecular formula is C23H27NO5. The predicted octanol–water partition coefficient (Wildman–Crippen LogP) is 4.18. The van der Waals surface area contributed by atoms with Crippen molar-refractivity contribution in [1.29, 1.82) is 0 Å². The van der Waals surface area contributed by atoms with Crippen LogP contribution in [-0.4, -0.2) is 30.4 Å². The van der Waals surface area contributed by atoms with Crippen LogP contribution in [0.3, 0.4) is 0 Å². The van der Waals surface area contributed by atoms with Crippen LogP contribution in [0.25, 0.3) is 0 Å². The Morgan fingerprint density at radius 1 is 0.931 bits per heavy atom. The molecule has 0 heterocycles. The van der Waals surface area contributed by atoms with Crippen LogP contribution in [0.15, 0.2) is 48.5 Å². The SMILES string of the molecule is CCOc1ccc(C(=O)CCC(=O)O[C@H](C)C(=O)Nc2ccc(CC)cc2)cc1. The molecule has 0 aliphatic heterocycles. The molecule has 0 radical (unpaired) electrons. The van der Waals surface area contributed by atoms with Crippen LogP contribution in [0, 0.1) is 0 Å². The van der Waals surface area contributed by atoms with Gasteiger partial charge in [-0.3, -0.25) is 14.4 Å². The van der Waals surface area contributed by atoms with Crippen molar-refractivity contribution in [3.63, 3.8) is 0 Å². The Morgan fingerprint density at radius 2 is 1.59 bits per heavy atom. The lowest BCUT2D eigenvalue weighted by Gasteiger charge is -2.13. The lowest BCUT2D eigenvalue weighted by Crippen LogP contribution is -2.30. The maximum Gasteiger partial charge on any atom is 0.307 e. The van der Waals surface area contributed by atoms with Gasteiger partial charge in [-0.2, -0.15) is 0 Å². The largest absolute Gasteiger partial charge is 0.494 e. The van der Waals surface area contributed by atoms with Gasteiger partial charge in [-0.1, -0.05) is 19.1 Å². The molecule has 154 valence electrons. The minimum atomic E-state index is -0.950. The second-order valence-electron chi connectivity index (χ2n) is 6.55. The van der Waals surface area contributed by atoms with Gasteiger partial charge in [0.15, 0.2) is 11.9 Å². The Morgan fingerprint density at radius 3 is 2.17 bits per heavy atom. The minimum Gasteiger partial charge on any atom is -0.494 e. The Hall–Kier alpha value is -3.15. The molecule has 6 nitrogen and oxygen atoms in total. The molecule has 0 saturated carbocycles. The summed E-state index contributed by atoms with van der Waals surface area (Å²) in [7, 11) is 0. The van der Waals surface area contributed by atoms with E-state index in [0.717, 1.165) is 6.42 Å². The zero-order chi connectivity index (χ0) is 21.2. The van der Waals surface area contributed by atoms with Crippen molar-refractivity contribution in [2.75, 3.05) is 11.9 Å². The van der Waals surface area contributed by atoms with E-state index in [9.17, 15) is 14.4 Å². The molecule has 1 amide bonds. The van der Waals surface area contributed by atoms with Gasteiger partial charge in [0.2, 0.25) is 0 Å². The number of esters is 1. The van der Waals surface area contributed by atoms with Crippen molar-refractivity contribution < 1.29 is 23.9 Å². The Balaban J connectivity index is 1.78. The van der Waals surface area contributed by atoms with Gasteiger partial charge in [0.05, 0.1) is 13.0 Å². The molecule has 2 aromatic rings. The maximum atomic E-state index is 12.2. The number of carbonyl (C=O) groups is 3. The molecule has 29 heavy (non-hydrogen) atoms. The van der Waals surface area contributed by atoms with E-state index in [4.69, 9.17) is 9.47 Å². The number of amides is 1. The number of nitrogens with one attached hydrogen (secondary N) is 1. The van der Waals surface area contributed by atoms with E-state index in [1.807, 2.05) is 19.1 Å². The van der Waals surface area contributed by atoms with Crippen molar-refractivity contribution in [2.24, 2.45) is 0 Å². The molecule has 1 atom stereocenters. The number of benzene rings is 2. The minimum absolute atomic E-state index is 0.0135. The predicted molar refractivity (Wildman–Crippen MR) is 111 cm³/mol. The quantitative estimate of drug-likeness (QED) is 0.480. The molecule has 0 unspecified atom stereocenters. The smallest absolute Gasteiger partial charge is 0.307 e. The third-order valence-corrected chi connectivity index (χ3v) is 4.35. The number of rotatable bonds is 10. The lowest BCUT2D eigenvalue weighted by molar-refractivity contribution is -0.153. The zero-order valence-corrected chi connectivity index (χ0v) is 17.1. The van der Waals surface area contributed by atoms with Gasteiger partial charge >= 0.3 is 5.97 Å². The average Bonchev–Trinajstić information content (AvgIpc) is 2.73. The number of hydrogen-bond donors (Lipinski definition) is 1. The summed E-state index contributed by atoms with van der Waals surface area (Å²) < 4.78 is 10.5. The molecule has 0 aromatic heterocycles. The Bertz CT molecular complexity index is 827. The highest BCUT2D eigenvalue weighted by atomic mass is 16.5. The normalized spacial score (nSPS) is 11.4. The number of aryl methyl sites for hydroxylation is 1. The number of hydrogen-bond acceptors (Lipinski definition) is 5. The number of anilines is 1. The first kappa shape index (κ1) is 22.1. The average molecular weight is 397 g/mol. The number of ketones is 1. The third kappa shape index (κ3) is 7.07. The molecule has 0 fully saturated rings. The van der Waals surface area contributed by atoms with Crippen molar-refractivity contribution in [3.8, 4) is 5.75 Å². The van der Waals surface area contributed by atoms with Gasteiger partial charge in [-0.05, 0) is 62.2 Å². The van der Waals surface area contributed by atoms with Crippen LogP contribution >= 0.6 is 0 Å². The van der Waals surface area contributed by atoms with E-state index < -0.39 is 18.0 Å². The van der Waals surface area contributed by atoms with E-state index in [1.54, 1.807) is 36.4 Å². The number of ether oxygens (including phenoxy) is 2. The van der Waals surface area contributed by atoms with Gasteiger partial charge in [-0.15, -0.1) is 0 Å². The summed E-state index contributed by atoms with van der Waals surface area (Å²) in [4.78, 5) is 36.4. The summed E-state index contributed by atoms with van der Waals surface area (Å²) in [6.07, 6.45) is -0.111. The maximum absolute atomic E-state index is 12.2. The van der Waals surface area contributed by atoms with Crippen LogP contribution in [0.4, 0.5) is 5.69 Å². The first-order valence-corrected chi connectivity index (χ1v) is 9.78. The monoisotopic (exact) mass is 397 g/mol. The topological polar surface area (TPSA) is 81.7 Å². The Kier molecular flexibility index (Phi) is 8.40. The first-order valence-electron chi connectivity index (χ1n) is 9.78. The summed E-state index contributed by atoms with van der Waals surface area (Å²) in [6, 6.07) is 14.2.